The Labute approximate surface area is 176 Å². The number of benzene rings is 2. The Bertz CT molecular complexity index is 911. The summed E-state index contributed by atoms with van der Waals surface area (Å²) < 4.78 is 3.54. The van der Waals surface area contributed by atoms with E-state index in [2.05, 4.69) is 83.6 Å². The molecule has 0 saturated carbocycles. The van der Waals surface area contributed by atoms with E-state index in [9.17, 15) is 0 Å². The van der Waals surface area contributed by atoms with Gasteiger partial charge in [-0.2, -0.15) is 0 Å². The van der Waals surface area contributed by atoms with Gasteiger partial charge in [-0.15, -0.1) is 11.3 Å². The Morgan fingerprint density at radius 3 is 2.43 bits per heavy atom. The van der Waals surface area contributed by atoms with Crippen LogP contribution >= 0.6 is 23.3 Å². The van der Waals surface area contributed by atoms with Crippen molar-refractivity contribution in [3.63, 3.8) is 0 Å². The molecule has 0 atom stereocenters. The predicted octanol–water partition coefficient (Wildman–Crippen LogP) is 5.63. The molecule has 0 aliphatic carbocycles. The van der Waals surface area contributed by atoms with Crippen LogP contribution < -0.4 is 15.4 Å². The molecule has 148 valence electrons. The molecule has 0 amide bonds. The predicted molar refractivity (Wildman–Crippen MR) is 124 cm³/mol. The number of hydrogen-bond donors (Lipinski definition) is 3. The third kappa shape index (κ3) is 5.35. The average molecular weight is 413 g/mol. The molecule has 0 aliphatic rings. The molecule has 4 nitrogen and oxygen atoms in total. The first-order chi connectivity index (χ1) is 13.4. The smallest absolute Gasteiger partial charge is 0.123 e. The summed E-state index contributed by atoms with van der Waals surface area (Å²) in [5, 5.41) is 7.43. The van der Waals surface area contributed by atoms with Crippen molar-refractivity contribution in [1.29, 1.82) is 0 Å². The Morgan fingerprint density at radius 2 is 1.79 bits per heavy atom. The first kappa shape index (κ1) is 20.9. The summed E-state index contributed by atoms with van der Waals surface area (Å²) in [5.41, 5.74) is 4.78. The molecule has 0 saturated heterocycles. The van der Waals surface area contributed by atoms with Gasteiger partial charge in [-0.05, 0) is 75.7 Å². The lowest BCUT2D eigenvalue weighted by atomic mass is 10.1. The molecule has 0 bridgehead atoms. The Kier molecular flexibility index (Phi) is 6.78. The molecule has 28 heavy (non-hydrogen) atoms. The molecule has 0 unspecified atom stereocenters. The summed E-state index contributed by atoms with van der Waals surface area (Å²) in [5.74, 6) is 0. The van der Waals surface area contributed by atoms with Crippen molar-refractivity contribution in [2.75, 3.05) is 19.4 Å². The van der Waals surface area contributed by atoms with Crippen LogP contribution in [0, 0.1) is 0 Å². The quantitative estimate of drug-likeness (QED) is 0.439. The molecular weight excluding hydrogens is 384 g/mol. The van der Waals surface area contributed by atoms with Gasteiger partial charge in [0.2, 0.25) is 0 Å². The van der Waals surface area contributed by atoms with Crippen LogP contribution in [0.4, 0.5) is 5.69 Å². The molecule has 6 heteroatoms. The summed E-state index contributed by atoms with van der Waals surface area (Å²) in [6, 6.07) is 15.0. The van der Waals surface area contributed by atoms with Crippen LogP contribution in [0.3, 0.4) is 0 Å². The Balaban J connectivity index is 1.92. The van der Waals surface area contributed by atoms with E-state index < -0.39 is 0 Å². The van der Waals surface area contributed by atoms with Crippen LogP contribution in [0.5, 0.6) is 0 Å². The zero-order valence-electron chi connectivity index (χ0n) is 17.1. The standard InChI is InChI=1S/C22H28N4S2/c1-22(2,3)26-28-19-12-15(13-23-4)6-11-18(19)20-14-25-21(27-20)16-7-9-17(24-5)10-8-16/h6-12,14,23-24,26H,13H2,1-5H3. The van der Waals surface area contributed by atoms with E-state index in [1.54, 1.807) is 23.3 Å². The van der Waals surface area contributed by atoms with Gasteiger partial charge in [-0.1, -0.05) is 12.1 Å². The lowest BCUT2D eigenvalue weighted by Crippen LogP contribution is -2.29. The third-order valence-electron chi connectivity index (χ3n) is 4.09. The van der Waals surface area contributed by atoms with Gasteiger partial charge in [0, 0.05) is 47.0 Å². The Hall–Kier alpha value is -1.86. The van der Waals surface area contributed by atoms with E-state index in [1.807, 2.05) is 20.3 Å². The fourth-order valence-corrected chi connectivity index (χ4v) is 4.63. The minimum Gasteiger partial charge on any atom is -0.388 e. The molecule has 0 aliphatic heterocycles. The number of rotatable bonds is 7. The zero-order valence-corrected chi connectivity index (χ0v) is 18.7. The zero-order chi connectivity index (χ0) is 20.1. The van der Waals surface area contributed by atoms with E-state index in [4.69, 9.17) is 0 Å². The number of thiazole rings is 1. The van der Waals surface area contributed by atoms with Crippen LogP contribution in [0.15, 0.2) is 53.6 Å². The highest BCUT2D eigenvalue weighted by Gasteiger charge is 2.15. The summed E-state index contributed by atoms with van der Waals surface area (Å²) in [4.78, 5) is 7.09. The maximum Gasteiger partial charge on any atom is 0.123 e. The fraction of sp³-hybridized carbons (Fsp3) is 0.318. The largest absolute Gasteiger partial charge is 0.388 e. The van der Waals surface area contributed by atoms with Gasteiger partial charge in [0.15, 0.2) is 0 Å². The fourth-order valence-electron chi connectivity index (χ4n) is 2.69. The molecule has 1 heterocycles. The first-order valence-corrected chi connectivity index (χ1v) is 11.0. The summed E-state index contributed by atoms with van der Waals surface area (Å²) >= 11 is 3.42. The van der Waals surface area contributed by atoms with Crippen LogP contribution in [-0.2, 0) is 6.54 Å². The topological polar surface area (TPSA) is 49.0 Å². The molecule has 0 radical (unpaired) electrons. The third-order valence-corrected chi connectivity index (χ3v) is 6.44. The second kappa shape index (κ2) is 9.09. The lowest BCUT2D eigenvalue weighted by Gasteiger charge is -2.20. The minimum absolute atomic E-state index is 0.0366. The van der Waals surface area contributed by atoms with E-state index in [0.717, 1.165) is 22.8 Å². The van der Waals surface area contributed by atoms with Crippen molar-refractivity contribution in [1.82, 2.24) is 15.0 Å². The van der Waals surface area contributed by atoms with E-state index in [-0.39, 0.29) is 5.54 Å². The van der Waals surface area contributed by atoms with Gasteiger partial charge >= 0.3 is 0 Å². The molecule has 1 aromatic heterocycles. The highest BCUT2D eigenvalue weighted by molar-refractivity contribution is 7.97. The monoisotopic (exact) mass is 412 g/mol. The van der Waals surface area contributed by atoms with Crippen LogP contribution in [0.2, 0.25) is 0 Å². The molecule has 3 N–H and O–H groups in total. The summed E-state index contributed by atoms with van der Waals surface area (Å²) in [6.45, 7) is 7.39. The van der Waals surface area contributed by atoms with Crippen LogP contribution in [-0.4, -0.2) is 24.6 Å². The van der Waals surface area contributed by atoms with Crippen molar-refractivity contribution in [2.24, 2.45) is 0 Å². The number of hydrogen-bond acceptors (Lipinski definition) is 6. The SMILES string of the molecule is CNCc1ccc(-c2cnc(-c3ccc(NC)cc3)s2)c(SNC(C)(C)C)c1. The average Bonchev–Trinajstić information content (AvgIpc) is 3.16. The molecule has 0 fully saturated rings. The van der Waals surface area contributed by atoms with Crippen molar-refractivity contribution >= 4 is 29.0 Å². The number of nitrogens with zero attached hydrogens (tertiary/aromatic N) is 1. The molecule has 0 spiro atoms. The highest BCUT2D eigenvalue weighted by atomic mass is 32.2. The number of nitrogens with one attached hydrogen (secondary N) is 3. The summed E-state index contributed by atoms with van der Waals surface area (Å²) in [6.07, 6.45) is 1.99. The van der Waals surface area contributed by atoms with E-state index >= 15 is 0 Å². The van der Waals surface area contributed by atoms with E-state index in [1.165, 1.54) is 20.9 Å². The van der Waals surface area contributed by atoms with E-state index in [0.29, 0.717) is 0 Å². The van der Waals surface area contributed by atoms with Gasteiger partial charge < -0.3 is 10.6 Å². The van der Waals surface area contributed by atoms with Crippen LogP contribution in [0.25, 0.3) is 21.0 Å². The Morgan fingerprint density at radius 1 is 1.04 bits per heavy atom. The van der Waals surface area contributed by atoms with Crippen molar-refractivity contribution in [3.8, 4) is 21.0 Å². The maximum absolute atomic E-state index is 4.68. The second-order valence-electron chi connectivity index (χ2n) is 7.67. The molecule has 2 aromatic carbocycles. The van der Waals surface area contributed by atoms with Gasteiger partial charge in [0.25, 0.3) is 0 Å². The normalized spacial score (nSPS) is 11.6. The van der Waals surface area contributed by atoms with Crippen molar-refractivity contribution in [2.45, 2.75) is 37.8 Å². The lowest BCUT2D eigenvalue weighted by molar-refractivity contribution is 0.535. The molecule has 3 aromatic rings. The van der Waals surface area contributed by atoms with Gasteiger partial charge in [0.05, 0.1) is 4.88 Å². The molecular formula is C22H28N4S2. The number of anilines is 1. The summed E-state index contributed by atoms with van der Waals surface area (Å²) in [7, 11) is 3.90. The number of aromatic nitrogens is 1. The van der Waals surface area contributed by atoms with Crippen LogP contribution in [0.1, 0.15) is 26.3 Å². The minimum atomic E-state index is 0.0366. The second-order valence-corrected chi connectivity index (χ2v) is 9.55. The molecule has 3 rings (SSSR count). The van der Waals surface area contributed by atoms with Gasteiger partial charge in [-0.3, -0.25) is 4.72 Å². The van der Waals surface area contributed by atoms with Crippen molar-refractivity contribution < 1.29 is 0 Å². The first-order valence-electron chi connectivity index (χ1n) is 9.35. The highest BCUT2D eigenvalue weighted by Crippen LogP contribution is 2.38. The maximum atomic E-state index is 4.68. The van der Waals surface area contributed by atoms with Gasteiger partial charge in [0.1, 0.15) is 5.01 Å². The van der Waals surface area contributed by atoms with Crippen molar-refractivity contribution in [3.05, 3.63) is 54.2 Å². The van der Waals surface area contributed by atoms with Gasteiger partial charge in [-0.25, -0.2) is 4.98 Å².